The predicted octanol–water partition coefficient (Wildman–Crippen LogP) is 5.18. The van der Waals surface area contributed by atoms with E-state index in [1.165, 1.54) is 12.1 Å². The zero-order valence-corrected chi connectivity index (χ0v) is 23.7. The van der Waals surface area contributed by atoms with Gasteiger partial charge in [-0.25, -0.2) is 18.7 Å². The lowest BCUT2D eigenvalue weighted by atomic mass is 9.99. The molecule has 2 aromatic carbocycles. The zero-order chi connectivity index (χ0) is 28.9. The number of aryl methyl sites for hydroxylation is 2. The van der Waals surface area contributed by atoms with Crippen molar-refractivity contribution >= 4 is 16.8 Å². The molecule has 9 heteroatoms. The molecular weight excluding hydrogens is 512 g/mol. The maximum atomic E-state index is 14.3. The van der Waals surface area contributed by atoms with Crippen LogP contribution in [0.2, 0.25) is 0 Å². The van der Waals surface area contributed by atoms with Crippen LogP contribution in [0, 0.1) is 18.6 Å². The third-order valence-corrected chi connectivity index (χ3v) is 7.81. The predicted molar refractivity (Wildman–Crippen MR) is 151 cm³/mol. The number of halogens is 2. The van der Waals surface area contributed by atoms with Gasteiger partial charge in [0, 0.05) is 84.8 Å². The Bertz CT molecular complexity index is 1590. The highest BCUT2D eigenvalue weighted by Crippen LogP contribution is 2.33. The molecule has 0 radical (unpaired) electrons. The average Bonchev–Trinajstić information content (AvgIpc) is 3.21. The summed E-state index contributed by atoms with van der Waals surface area (Å²) in [6.45, 7) is 10.7. The fourth-order valence-corrected chi connectivity index (χ4v) is 5.50. The van der Waals surface area contributed by atoms with E-state index in [2.05, 4.69) is 14.9 Å². The minimum Gasteiger partial charge on any atom is -0.382 e. The summed E-state index contributed by atoms with van der Waals surface area (Å²) in [4.78, 5) is 26.8. The number of aliphatic hydroxyl groups is 1. The standard InChI is InChI=1S/C31H35F2N5O2/c1-18-11-28-24(25(17-36(28)6)27-9-10-34-30(35-27)31(4,5)40)13-23(18)29(39)38-15-19(2)37(14-20(38)3)16-21-7-8-22(32)12-26(21)33/h7-13,17,19-20,40H,14-16H2,1-6H3/t19-,20+/m0/s1. The van der Waals surface area contributed by atoms with Gasteiger partial charge in [-0.15, -0.1) is 0 Å². The summed E-state index contributed by atoms with van der Waals surface area (Å²) in [5.41, 5.74) is 3.25. The number of aromatic nitrogens is 3. The summed E-state index contributed by atoms with van der Waals surface area (Å²) >= 11 is 0. The van der Waals surface area contributed by atoms with E-state index in [9.17, 15) is 18.7 Å². The molecule has 3 heterocycles. The second kappa shape index (κ2) is 10.4. The van der Waals surface area contributed by atoms with Crippen molar-refractivity contribution in [2.24, 2.45) is 7.05 Å². The van der Waals surface area contributed by atoms with Crippen LogP contribution < -0.4 is 0 Å². The molecule has 5 rings (SSSR count). The topological polar surface area (TPSA) is 74.5 Å². The van der Waals surface area contributed by atoms with Gasteiger partial charge in [0.05, 0.1) is 5.69 Å². The van der Waals surface area contributed by atoms with Crippen LogP contribution in [-0.2, 0) is 19.2 Å². The van der Waals surface area contributed by atoms with Crippen LogP contribution >= 0.6 is 0 Å². The smallest absolute Gasteiger partial charge is 0.254 e. The number of piperazine rings is 1. The highest BCUT2D eigenvalue weighted by molar-refractivity contribution is 6.04. The first-order valence-corrected chi connectivity index (χ1v) is 13.5. The van der Waals surface area contributed by atoms with Crippen molar-refractivity contribution < 1.29 is 18.7 Å². The van der Waals surface area contributed by atoms with Gasteiger partial charge >= 0.3 is 0 Å². The second-order valence-electron chi connectivity index (χ2n) is 11.5. The van der Waals surface area contributed by atoms with Crippen molar-refractivity contribution in [1.29, 1.82) is 0 Å². The van der Waals surface area contributed by atoms with Gasteiger partial charge in [0.2, 0.25) is 0 Å². The van der Waals surface area contributed by atoms with Gasteiger partial charge in [0.15, 0.2) is 5.82 Å². The molecule has 1 saturated heterocycles. The number of amides is 1. The Morgan fingerprint density at radius 1 is 1.10 bits per heavy atom. The van der Waals surface area contributed by atoms with Crippen LogP contribution in [0.5, 0.6) is 0 Å². The number of hydrogen-bond donors (Lipinski definition) is 1. The molecule has 1 amide bonds. The van der Waals surface area contributed by atoms with E-state index in [0.717, 1.165) is 28.1 Å². The fraction of sp³-hybridized carbons (Fsp3) is 0.387. The lowest BCUT2D eigenvalue weighted by Gasteiger charge is -2.44. The fourth-order valence-electron chi connectivity index (χ4n) is 5.50. The van der Waals surface area contributed by atoms with E-state index in [1.807, 2.05) is 55.6 Å². The van der Waals surface area contributed by atoms with Gasteiger partial charge in [-0.2, -0.15) is 0 Å². The molecule has 4 aromatic rings. The molecule has 0 unspecified atom stereocenters. The van der Waals surface area contributed by atoms with Crippen LogP contribution in [0.4, 0.5) is 8.78 Å². The summed E-state index contributed by atoms with van der Waals surface area (Å²) in [7, 11) is 1.96. The molecule has 2 atom stereocenters. The van der Waals surface area contributed by atoms with Crippen LogP contribution in [-0.4, -0.2) is 60.5 Å². The molecule has 0 spiro atoms. The van der Waals surface area contributed by atoms with Crippen molar-refractivity contribution in [2.45, 2.75) is 58.8 Å². The summed E-state index contributed by atoms with van der Waals surface area (Å²) in [5, 5.41) is 11.3. The first-order chi connectivity index (χ1) is 18.8. The van der Waals surface area contributed by atoms with Gasteiger partial charge in [-0.3, -0.25) is 9.69 Å². The largest absolute Gasteiger partial charge is 0.382 e. The summed E-state index contributed by atoms with van der Waals surface area (Å²) < 4.78 is 29.7. The third kappa shape index (κ3) is 5.23. The second-order valence-corrected chi connectivity index (χ2v) is 11.5. The number of rotatable bonds is 5. The van der Waals surface area contributed by atoms with Crippen LogP contribution in [0.3, 0.4) is 0 Å². The molecule has 2 aromatic heterocycles. The Morgan fingerprint density at radius 2 is 1.85 bits per heavy atom. The number of hydrogen-bond acceptors (Lipinski definition) is 5. The van der Waals surface area contributed by atoms with E-state index in [4.69, 9.17) is 0 Å². The summed E-state index contributed by atoms with van der Waals surface area (Å²) in [6, 6.07) is 9.31. The molecule has 210 valence electrons. The third-order valence-electron chi connectivity index (χ3n) is 7.81. The summed E-state index contributed by atoms with van der Waals surface area (Å²) in [6.07, 6.45) is 3.61. The molecule has 1 aliphatic rings. The number of fused-ring (bicyclic) bond motifs is 1. The molecule has 7 nitrogen and oxygen atoms in total. The Labute approximate surface area is 233 Å². The van der Waals surface area contributed by atoms with Crippen molar-refractivity contribution in [2.75, 3.05) is 13.1 Å². The normalized spacial score (nSPS) is 18.5. The maximum Gasteiger partial charge on any atom is 0.254 e. The monoisotopic (exact) mass is 547 g/mol. The van der Waals surface area contributed by atoms with E-state index < -0.39 is 17.2 Å². The van der Waals surface area contributed by atoms with Crippen LogP contribution in [0.1, 0.15) is 55.0 Å². The molecule has 1 aliphatic heterocycles. The Balaban J connectivity index is 1.44. The van der Waals surface area contributed by atoms with Gasteiger partial charge < -0.3 is 14.6 Å². The minimum absolute atomic E-state index is 0.0118. The molecule has 1 fully saturated rings. The van der Waals surface area contributed by atoms with E-state index in [0.29, 0.717) is 42.3 Å². The molecule has 0 bridgehead atoms. The first kappa shape index (κ1) is 27.9. The number of nitrogens with zero attached hydrogens (tertiary/aromatic N) is 5. The molecular formula is C31H35F2N5O2. The van der Waals surface area contributed by atoms with Gasteiger partial charge in [0.25, 0.3) is 5.91 Å². The lowest BCUT2D eigenvalue weighted by molar-refractivity contribution is 0.0287. The lowest BCUT2D eigenvalue weighted by Crippen LogP contribution is -2.57. The quantitative estimate of drug-likeness (QED) is 0.373. The van der Waals surface area contributed by atoms with E-state index >= 15 is 0 Å². The molecule has 0 aliphatic carbocycles. The van der Waals surface area contributed by atoms with Crippen molar-refractivity contribution in [3.05, 3.63) is 82.9 Å². The number of benzene rings is 2. The van der Waals surface area contributed by atoms with E-state index in [1.54, 1.807) is 26.1 Å². The average molecular weight is 548 g/mol. The van der Waals surface area contributed by atoms with Crippen molar-refractivity contribution in [3.63, 3.8) is 0 Å². The van der Waals surface area contributed by atoms with Crippen molar-refractivity contribution in [1.82, 2.24) is 24.3 Å². The van der Waals surface area contributed by atoms with E-state index in [-0.39, 0.29) is 18.0 Å². The molecule has 1 N–H and O–H groups in total. The molecule has 0 saturated carbocycles. The van der Waals surface area contributed by atoms with Gasteiger partial charge in [-0.1, -0.05) is 6.07 Å². The Kier molecular flexibility index (Phi) is 7.22. The number of carbonyl (C=O) groups excluding carboxylic acids is 1. The van der Waals surface area contributed by atoms with Crippen molar-refractivity contribution in [3.8, 4) is 11.3 Å². The summed E-state index contributed by atoms with van der Waals surface area (Å²) in [5.74, 6) is -0.878. The zero-order valence-electron chi connectivity index (χ0n) is 23.7. The van der Waals surface area contributed by atoms with Gasteiger partial charge in [-0.05, 0) is 64.4 Å². The minimum atomic E-state index is -1.18. The Morgan fingerprint density at radius 3 is 2.55 bits per heavy atom. The van der Waals surface area contributed by atoms with Crippen LogP contribution in [0.15, 0.2) is 48.8 Å². The van der Waals surface area contributed by atoms with Crippen LogP contribution in [0.25, 0.3) is 22.2 Å². The highest BCUT2D eigenvalue weighted by Gasteiger charge is 2.33. The number of carbonyl (C=O) groups is 1. The highest BCUT2D eigenvalue weighted by atomic mass is 19.1. The Hall–Kier alpha value is -3.69. The SMILES string of the molecule is Cc1cc2c(cc1C(=O)N1C[C@H](C)N(Cc3ccc(F)cc3F)C[C@H]1C)c(-c1ccnc(C(C)(C)O)n1)cn2C. The molecule has 40 heavy (non-hydrogen) atoms. The van der Waals surface area contributed by atoms with Gasteiger partial charge in [0.1, 0.15) is 17.2 Å². The maximum absolute atomic E-state index is 14.3. The first-order valence-electron chi connectivity index (χ1n) is 13.5.